The Labute approximate surface area is 144 Å². The zero-order valence-electron chi connectivity index (χ0n) is 13.7. The molecule has 2 aromatic carbocycles. The average Bonchev–Trinajstić information content (AvgIpc) is 2.58. The fraction of sp³-hybridized carbons (Fsp3) is 0.188. The Hall–Kier alpha value is -2.52. The Balaban J connectivity index is 2.43. The van der Waals surface area contributed by atoms with E-state index in [1.807, 2.05) is 0 Å². The van der Waals surface area contributed by atoms with E-state index in [1.54, 1.807) is 0 Å². The van der Waals surface area contributed by atoms with Crippen molar-refractivity contribution in [2.75, 3.05) is 26.5 Å². The van der Waals surface area contributed by atoms with Gasteiger partial charge in [0.25, 0.3) is 5.91 Å². The van der Waals surface area contributed by atoms with Crippen molar-refractivity contribution in [3.05, 3.63) is 53.6 Å². The molecule has 0 aliphatic carbocycles. The molecule has 0 radical (unpaired) electrons. The molecule has 0 spiro atoms. The SMILES string of the molecule is COc1ccc(C(=O)Nc2cccc(F)c2F)cc1S(=O)(=O)N(C)C. The first-order chi connectivity index (χ1) is 11.7. The fourth-order valence-electron chi connectivity index (χ4n) is 2.01. The Morgan fingerprint density at radius 3 is 2.44 bits per heavy atom. The number of sulfonamides is 1. The molecule has 0 atom stereocenters. The molecule has 0 fully saturated rings. The summed E-state index contributed by atoms with van der Waals surface area (Å²) in [7, 11) is 0.102. The first-order valence-electron chi connectivity index (χ1n) is 7.04. The summed E-state index contributed by atoms with van der Waals surface area (Å²) in [5.41, 5.74) is -0.400. The van der Waals surface area contributed by atoms with Gasteiger partial charge in [-0.2, -0.15) is 0 Å². The van der Waals surface area contributed by atoms with Crippen molar-refractivity contribution < 1.29 is 26.7 Å². The molecule has 0 saturated heterocycles. The summed E-state index contributed by atoms with van der Waals surface area (Å²) in [6.45, 7) is 0. The van der Waals surface area contributed by atoms with Crippen molar-refractivity contribution in [2.24, 2.45) is 0 Å². The van der Waals surface area contributed by atoms with E-state index in [1.165, 1.54) is 45.5 Å². The molecule has 9 heteroatoms. The lowest BCUT2D eigenvalue weighted by molar-refractivity contribution is 0.102. The van der Waals surface area contributed by atoms with Crippen LogP contribution in [0.1, 0.15) is 10.4 Å². The van der Waals surface area contributed by atoms with Gasteiger partial charge in [0, 0.05) is 19.7 Å². The highest BCUT2D eigenvalue weighted by Crippen LogP contribution is 2.27. The van der Waals surface area contributed by atoms with E-state index in [4.69, 9.17) is 4.74 Å². The standard InChI is InChI=1S/C16H16F2N2O4S/c1-20(2)25(22,23)14-9-10(7-8-13(14)24-3)16(21)19-12-6-4-5-11(17)15(12)18/h4-9H,1-3H3,(H,19,21). The van der Waals surface area contributed by atoms with Crippen molar-refractivity contribution >= 4 is 21.6 Å². The second-order valence-corrected chi connectivity index (χ2v) is 7.33. The smallest absolute Gasteiger partial charge is 0.255 e. The van der Waals surface area contributed by atoms with Gasteiger partial charge in [0.2, 0.25) is 10.0 Å². The van der Waals surface area contributed by atoms with Crippen LogP contribution in [0.15, 0.2) is 41.3 Å². The monoisotopic (exact) mass is 370 g/mol. The molecule has 1 N–H and O–H groups in total. The molecule has 0 aromatic heterocycles. The van der Waals surface area contributed by atoms with Gasteiger partial charge in [0.15, 0.2) is 11.6 Å². The number of halogens is 2. The second kappa shape index (κ2) is 7.16. The number of rotatable bonds is 5. The number of methoxy groups -OCH3 is 1. The minimum absolute atomic E-state index is 0.0510. The Morgan fingerprint density at radius 1 is 1.16 bits per heavy atom. The summed E-state index contributed by atoms with van der Waals surface area (Å²) in [4.78, 5) is 12.1. The van der Waals surface area contributed by atoms with Crippen LogP contribution in [0.5, 0.6) is 5.75 Å². The molecule has 6 nitrogen and oxygen atoms in total. The second-order valence-electron chi connectivity index (χ2n) is 5.21. The van der Waals surface area contributed by atoms with Gasteiger partial charge in [-0.1, -0.05) is 6.07 Å². The van der Waals surface area contributed by atoms with Crippen LogP contribution in [0.25, 0.3) is 0 Å². The maximum absolute atomic E-state index is 13.7. The highest BCUT2D eigenvalue weighted by Gasteiger charge is 2.24. The Morgan fingerprint density at radius 2 is 1.84 bits per heavy atom. The van der Waals surface area contributed by atoms with Crippen molar-refractivity contribution in [1.29, 1.82) is 0 Å². The number of carbonyl (C=O) groups is 1. The molecular formula is C16H16F2N2O4S. The van der Waals surface area contributed by atoms with Crippen LogP contribution in [-0.4, -0.2) is 39.8 Å². The Bertz CT molecular complexity index is 914. The van der Waals surface area contributed by atoms with Gasteiger partial charge in [-0.3, -0.25) is 4.79 Å². The lowest BCUT2D eigenvalue weighted by Crippen LogP contribution is -2.23. The van der Waals surface area contributed by atoms with Crippen LogP contribution >= 0.6 is 0 Å². The highest BCUT2D eigenvalue weighted by molar-refractivity contribution is 7.89. The van der Waals surface area contributed by atoms with Crippen LogP contribution in [0.2, 0.25) is 0 Å². The summed E-state index contributed by atoms with van der Waals surface area (Å²) in [6, 6.07) is 7.09. The minimum atomic E-state index is -3.87. The van der Waals surface area contributed by atoms with Crippen molar-refractivity contribution in [1.82, 2.24) is 4.31 Å². The van der Waals surface area contributed by atoms with Crippen LogP contribution in [0, 0.1) is 11.6 Å². The third-order valence-corrected chi connectivity index (χ3v) is 5.22. The van der Waals surface area contributed by atoms with Crippen LogP contribution in [-0.2, 0) is 10.0 Å². The molecule has 0 heterocycles. The molecule has 2 aromatic rings. The van der Waals surface area contributed by atoms with E-state index in [0.29, 0.717) is 0 Å². The number of hydrogen-bond acceptors (Lipinski definition) is 4. The number of hydrogen-bond donors (Lipinski definition) is 1. The van der Waals surface area contributed by atoms with E-state index >= 15 is 0 Å². The van der Waals surface area contributed by atoms with Crippen LogP contribution in [0.3, 0.4) is 0 Å². The van der Waals surface area contributed by atoms with E-state index < -0.39 is 27.6 Å². The third-order valence-electron chi connectivity index (χ3n) is 3.38. The molecule has 2 rings (SSSR count). The normalized spacial score (nSPS) is 11.4. The van der Waals surface area contributed by atoms with E-state index in [2.05, 4.69) is 5.32 Å². The van der Waals surface area contributed by atoms with Crippen LogP contribution in [0.4, 0.5) is 14.5 Å². The summed E-state index contributed by atoms with van der Waals surface area (Å²) in [5.74, 6) is -3.04. The predicted octanol–water partition coefficient (Wildman–Crippen LogP) is 2.48. The zero-order valence-corrected chi connectivity index (χ0v) is 14.5. The first kappa shape index (κ1) is 18.8. The topological polar surface area (TPSA) is 75.7 Å². The van der Waals surface area contributed by atoms with Gasteiger partial charge >= 0.3 is 0 Å². The van der Waals surface area contributed by atoms with Gasteiger partial charge in [-0.15, -0.1) is 0 Å². The summed E-state index contributed by atoms with van der Waals surface area (Å²) < 4.78 is 57.6. The number of nitrogens with one attached hydrogen (secondary N) is 1. The average molecular weight is 370 g/mol. The predicted molar refractivity (Wildman–Crippen MR) is 88.2 cm³/mol. The minimum Gasteiger partial charge on any atom is -0.495 e. The van der Waals surface area contributed by atoms with Gasteiger partial charge < -0.3 is 10.1 Å². The molecule has 134 valence electrons. The van der Waals surface area contributed by atoms with Crippen LogP contribution < -0.4 is 10.1 Å². The summed E-state index contributed by atoms with van der Waals surface area (Å²) in [6.07, 6.45) is 0. The molecule has 0 aliphatic rings. The zero-order chi connectivity index (χ0) is 18.8. The lowest BCUT2D eigenvalue weighted by atomic mass is 10.2. The quantitative estimate of drug-likeness (QED) is 0.877. The number of amides is 1. The van der Waals surface area contributed by atoms with E-state index in [9.17, 15) is 22.0 Å². The highest BCUT2D eigenvalue weighted by atomic mass is 32.2. The first-order valence-corrected chi connectivity index (χ1v) is 8.48. The summed E-state index contributed by atoms with van der Waals surface area (Å²) >= 11 is 0. The number of carbonyl (C=O) groups excluding carboxylic acids is 1. The number of nitrogens with zero attached hydrogens (tertiary/aromatic N) is 1. The molecule has 0 saturated carbocycles. The molecule has 0 unspecified atom stereocenters. The van der Waals surface area contributed by atoms with E-state index in [-0.39, 0.29) is 21.9 Å². The number of ether oxygens (including phenoxy) is 1. The third kappa shape index (κ3) is 3.77. The van der Waals surface area contributed by atoms with Gasteiger partial charge in [-0.05, 0) is 30.3 Å². The van der Waals surface area contributed by atoms with Crippen molar-refractivity contribution in [2.45, 2.75) is 4.90 Å². The van der Waals surface area contributed by atoms with Crippen molar-refractivity contribution in [3.8, 4) is 5.75 Å². The molecule has 25 heavy (non-hydrogen) atoms. The lowest BCUT2D eigenvalue weighted by Gasteiger charge is -2.15. The maximum atomic E-state index is 13.7. The summed E-state index contributed by atoms with van der Waals surface area (Å²) in [5, 5.41) is 2.21. The molecule has 1 amide bonds. The van der Waals surface area contributed by atoms with Gasteiger partial charge in [-0.25, -0.2) is 21.5 Å². The molecular weight excluding hydrogens is 354 g/mol. The van der Waals surface area contributed by atoms with E-state index in [0.717, 1.165) is 16.4 Å². The fourth-order valence-corrected chi connectivity index (χ4v) is 3.09. The number of benzene rings is 2. The van der Waals surface area contributed by atoms with Crippen molar-refractivity contribution in [3.63, 3.8) is 0 Å². The molecule has 0 aliphatic heterocycles. The maximum Gasteiger partial charge on any atom is 0.255 e. The Kier molecular flexibility index (Phi) is 5.39. The van der Waals surface area contributed by atoms with Gasteiger partial charge in [0.1, 0.15) is 10.6 Å². The number of anilines is 1. The van der Waals surface area contributed by atoms with Gasteiger partial charge in [0.05, 0.1) is 12.8 Å². The largest absolute Gasteiger partial charge is 0.495 e. The molecule has 0 bridgehead atoms.